The van der Waals surface area contributed by atoms with Gasteiger partial charge in [-0.1, -0.05) is 18.2 Å². The van der Waals surface area contributed by atoms with Gasteiger partial charge in [-0.05, 0) is 63.8 Å². The third kappa shape index (κ3) is 3.56. The van der Waals surface area contributed by atoms with Gasteiger partial charge in [-0.15, -0.1) is 0 Å². The predicted octanol–water partition coefficient (Wildman–Crippen LogP) is 2.92. The molecule has 0 aromatic heterocycles. The molecule has 1 aromatic rings. The van der Waals surface area contributed by atoms with Crippen LogP contribution < -0.4 is 10.6 Å². The second-order valence-electron chi connectivity index (χ2n) is 6.30. The number of rotatable bonds is 3. The number of hydrogen-bond donors (Lipinski definition) is 2. The molecule has 0 bridgehead atoms. The molecule has 0 spiro atoms. The van der Waals surface area contributed by atoms with Crippen LogP contribution in [0, 0.1) is 13.8 Å². The van der Waals surface area contributed by atoms with E-state index in [4.69, 9.17) is 0 Å². The lowest BCUT2D eigenvalue weighted by Gasteiger charge is -2.37. The summed E-state index contributed by atoms with van der Waals surface area (Å²) in [4.78, 5) is 0. The van der Waals surface area contributed by atoms with Gasteiger partial charge in [0.2, 0.25) is 0 Å². The summed E-state index contributed by atoms with van der Waals surface area (Å²) in [5.74, 6) is 0. The molecule has 1 unspecified atom stereocenters. The van der Waals surface area contributed by atoms with Crippen LogP contribution in [0.1, 0.15) is 43.4 Å². The predicted molar refractivity (Wildman–Crippen MR) is 77.9 cm³/mol. The zero-order valence-corrected chi connectivity index (χ0v) is 12.1. The molecular weight excluding hydrogens is 220 g/mol. The normalized spacial score (nSPS) is 23.0. The van der Waals surface area contributed by atoms with Gasteiger partial charge in [-0.3, -0.25) is 0 Å². The monoisotopic (exact) mass is 246 g/mol. The van der Waals surface area contributed by atoms with Crippen molar-refractivity contribution in [1.82, 2.24) is 10.6 Å². The van der Waals surface area contributed by atoms with Gasteiger partial charge in [0, 0.05) is 18.1 Å². The molecule has 2 rings (SSSR count). The Morgan fingerprint density at radius 1 is 1.28 bits per heavy atom. The smallest absolute Gasteiger partial charge is 0.0208 e. The Balaban J connectivity index is 1.89. The Morgan fingerprint density at radius 3 is 2.72 bits per heavy atom. The zero-order valence-electron chi connectivity index (χ0n) is 12.1. The molecular formula is C16H26N2. The first kappa shape index (κ1) is 13.6. The second-order valence-corrected chi connectivity index (χ2v) is 6.30. The molecule has 0 saturated carbocycles. The van der Waals surface area contributed by atoms with E-state index >= 15 is 0 Å². The summed E-state index contributed by atoms with van der Waals surface area (Å²) in [6, 6.07) is 7.40. The molecule has 18 heavy (non-hydrogen) atoms. The van der Waals surface area contributed by atoms with Crippen molar-refractivity contribution in [3.63, 3.8) is 0 Å². The molecule has 1 aromatic carbocycles. The minimum Gasteiger partial charge on any atom is -0.312 e. The van der Waals surface area contributed by atoms with Gasteiger partial charge in [0.15, 0.2) is 0 Å². The molecule has 1 atom stereocenters. The number of hydrogen-bond acceptors (Lipinski definition) is 2. The van der Waals surface area contributed by atoms with Crippen LogP contribution in [0.25, 0.3) is 0 Å². The maximum Gasteiger partial charge on any atom is 0.0208 e. The molecule has 1 saturated heterocycles. The Kier molecular flexibility index (Phi) is 4.08. The van der Waals surface area contributed by atoms with Crippen LogP contribution >= 0.6 is 0 Å². The lowest BCUT2D eigenvalue weighted by molar-refractivity contribution is 0.247. The average Bonchev–Trinajstić information content (AvgIpc) is 2.29. The maximum atomic E-state index is 3.70. The molecule has 0 aliphatic carbocycles. The zero-order chi connectivity index (χ0) is 13.2. The standard InChI is InChI=1S/C16H26N2/c1-12-5-6-14(9-13(12)2)11-17-15-7-8-18-16(3,4)10-15/h5-6,9,15,17-18H,7-8,10-11H2,1-4H3. The van der Waals surface area contributed by atoms with E-state index < -0.39 is 0 Å². The second kappa shape index (κ2) is 5.41. The molecule has 2 heteroatoms. The molecule has 2 nitrogen and oxygen atoms in total. The van der Waals surface area contributed by atoms with E-state index in [9.17, 15) is 0 Å². The highest BCUT2D eigenvalue weighted by Gasteiger charge is 2.26. The summed E-state index contributed by atoms with van der Waals surface area (Å²) in [5, 5.41) is 7.26. The Labute approximate surface area is 111 Å². The summed E-state index contributed by atoms with van der Waals surface area (Å²) in [6.07, 6.45) is 2.44. The molecule has 0 radical (unpaired) electrons. The van der Waals surface area contributed by atoms with E-state index in [0.29, 0.717) is 6.04 Å². The number of aryl methyl sites for hydroxylation is 2. The van der Waals surface area contributed by atoms with Crippen LogP contribution in [0.3, 0.4) is 0 Å². The number of nitrogens with one attached hydrogen (secondary N) is 2. The van der Waals surface area contributed by atoms with E-state index in [1.54, 1.807) is 0 Å². The minimum atomic E-state index is 0.277. The van der Waals surface area contributed by atoms with Crippen LogP contribution in [0.4, 0.5) is 0 Å². The SMILES string of the molecule is Cc1ccc(CNC2CCNC(C)(C)C2)cc1C. The summed E-state index contributed by atoms with van der Waals surface area (Å²) in [5.41, 5.74) is 4.44. The van der Waals surface area contributed by atoms with E-state index in [1.165, 1.54) is 29.5 Å². The van der Waals surface area contributed by atoms with Gasteiger partial charge in [-0.2, -0.15) is 0 Å². The van der Waals surface area contributed by atoms with Gasteiger partial charge >= 0.3 is 0 Å². The van der Waals surface area contributed by atoms with Crippen LogP contribution in [0.5, 0.6) is 0 Å². The Morgan fingerprint density at radius 2 is 2.06 bits per heavy atom. The summed E-state index contributed by atoms with van der Waals surface area (Å²) >= 11 is 0. The fourth-order valence-electron chi connectivity index (χ4n) is 2.72. The van der Waals surface area contributed by atoms with E-state index in [1.807, 2.05) is 0 Å². The molecule has 100 valence electrons. The lowest BCUT2D eigenvalue weighted by Crippen LogP contribution is -2.51. The molecule has 1 aliphatic heterocycles. The van der Waals surface area contributed by atoms with E-state index in [2.05, 4.69) is 56.5 Å². The summed E-state index contributed by atoms with van der Waals surface area (Å²) < 4.78 is 0. The maximum absolute atomic E-state index is 3.70. The largest absolute Gasteiger partial charge is 0.312 e. The Bertz CT molecular complexity index is 410. The molecule has 2 N–H and O–H groups in total. The van der Waals surface area contributed by atoms with E-state index in [-0.39, 0.29) is 5.54 Å². The highest BCUT2D eigenvalue weighted by Crippen LogP contribution is 2.19. The quantitative estimate of drug-likeness (QED) is 0.857. The van der Waals surface area contributed by atoms with Crippen molar-refractivity contribution < 1.29 is 0 Å². The number of benzene rings is 1. The molecule has 1 fully saturated rings. The van der Waals surface area contributed by atoms with Gasteiger partial charge in [-0.25, -0.2) is 0 Å². The molecule has 1 aliphatic rings. The van der Waals surface area contributed by atoms with Crippen LogP contribution in [0.2, 0.25) is 0 Å². The lowest BCUT2D eigenvalue weighted by atomic mass is 9.89. The first-order valence-corrected chi connectivity index (χ1v) is 7.01. The molecule has 1 heterocycles. The van der Waals surface area contributed by atoms with Crippen molar-refractivity contribution in [3.8, 4) is 0 Å². The third-order valence-electron chi connectivity index (χ3n) is 4.02. The van der Waals surface area contributed by atoms with Gasteiger partial charge in [0.1, 0.15) is 0 Å². The highest BCUT2D eigenvalue weighted by atomic mass is 15.0. The van der Waals surface area contributed by atoms with Crippen LogP contribution in [-0.2, 0) is 6.54 Å². The van der Waals surface area contributed by atoms with Gasteiger partial charge in [0.25, 0.3) is 0 Å². The number of piperidine rings is 1. The van der Waals surface area contributed by atoms with Crippen molar-refractivity contribution in [2.75, 3.05) is 6.54 Å². The van der Waals surface area contributed by atoms with Gasteiger partial charge < -0.3 is 10.6 Å². The van der Waals surface area contributed by atoms with Crippen molar-refractivity contribution in [2.45, 2.75) is 58.7 Å². The van der Waals surface area contributed by atoms with Gasteiger partial charge in [0.05, 0.1) is 0 Å². The summed E-state index contributed by atoms with van der Waals surface area (Å²) in [6.45, 7) is 11.0. The Hall–Kier alpha value is -0.860. The molecule has 0 amide bonds. The average molecular weight is 246 g/mol. The van der Waals surface area contributed by atoms with Crippen molar-refractivity contribution in [1.29, 1.82) is 0 Å². The van der Waals surface area contributed by atoms with Crippen LogP contribution in [0.15, 0.2) is 18.2 Å². The fourth-order valence-corrected chi connectivity index (χ4v) is 2.72. The summed E-state index contributed by atoms with van der Waals surface area (Å²) in [7, 11) is 0. The van der Waals surface area contributed by atoms with Crippen molar-refractivity contribution in [3.05, 3.63) is 34.9 Å². The fraction of sp³-hybridized carbons (Fsp3) is 0.625. The van der Waals surface area contributed by atoms with Crippen molar-refractivity contribution >= 4 is 0 Å². The topological polar surface area (TPSA) is 24.1 Å². The van der Waals surface area contributed by atoms with Crippen LogP contribution in [-0.4, -0.2) is 18.1 Å². The highest BCUT2D eigenvalue weighted by molar-refractivity contribution is 5.29. The van der Waals surface area contributed by atoms with E-state index in [0.717, 1.165) is 13.1 Å². The third-order valence-corrected chi connectivity index (χ3v) is 4.02. The minimum absolute atomic E-state index is 0.277. The first-order chi connectivity index (χ1) is 8.46. The van der Waals surface area contributed by atoms with Crippen molar-refractivity contribution in [2.24, 2.45) is 0 Å². The first-order valence-electron chi connectivity index (χ1n) is 7.01.